The minimum atomic E-state index is -0.735. The van der Waals surface area contributed by atoms with E-state index in [0.29, 0.717) is 25.9 Å². The highest BCUT2D eigenvalue weighted by Gasteiger charge is 2.27. The number of ether oxygens (including phenoxy) is 3. The third-order valence-electron chi connectivity index (χ3n) is 4.45. The van der Waals surface area contributed by atoms with E-state index in [1.807, 2.05) is 51.1 Å². The standard InChI is InChI=1S/C22H30N2O6/c1-22(2,3)30-21(27)24-12-10-16(11-13-24)14-18(19(25)28-4)23-20(26)29-15-17-8-6-5-7-9-17/h5-9,14,16H,10-13,15H2,1-4H3,(H,23,26)/b18-14-. The lowest BCUT2D eigenvalue weighted by Gasteiger charge is -2.32. The number of methoxy groups -OCH3 is 1. The first-order valence-corrected chi connectivity index (χ1v) is 9.93. The van der Waals surface area contributed by atoms with Crippen molar-refractivity contribution in [2.24, 2.45) is 5.92 Å². The van der Waals surface area contributed by atoms with E-state index in [0.717, 1.165) is 5.56 Å². The van der Waals surface area contributed by atoms with Gasteiger partial charge >= 0.3 is 18.2 Å². The number of nitrogens with zero attached hydrogens (tertiary/aromatic N) is 1. The van der Waals surface area contributed by atoms with Gasteiger partial charge in [0.15, 0.2) is 0 Å². The molecule has 0 saturated carbocycles. The van der Waals surface area contributed by atoms with Crippen LogP contribution in [0.1, 0.15) is 39.2 Å². The molecule has 0 aliphatic carbocycles. The van der Waals surface area contributed by atoms with E-state index in [1.54, 1.807) is 11.0 Å². The number of carbonyl (C=O) groups excluding carboxylic acids is 3. The zero-order chi connectivity index (χ0) is 22.1. The Hall–Kier alpha value is -3.03. The Bertz CT molecular complexity index is 762. The van der Waals surface area contributed by atoms with Crippen LogP contribution in [-0.4, -0.2) is 48.9 Å². The predicted octanol–water partition coefficient (Wildman–Crippen LogP) is 3.62. The van der Waals surface area contributed by atoms with Crippen molar-refractivity contribution < 1.29 is 28.6 Å². The van der Waals surface area contributed by atoms with Gasteiger partial charge in [-0.05, 0) is 51.2 Å². The Kier molecular flexibility index (Phi) is 8.26. The number of rotatable bonds is 5. The van der Waals surface area contributed by atoms with Crippen molar-refractivity contribution >= 4 is 18.2 Å². The van der Waals surface area contributed by atoms with Crippen LogP contribution in [0.15, 0.2) is 42.1 Å². The predicted molar refractivity (Wildman–Crippen MR) is 110 cm³/mol. The number of allylic oxidation sites excluding steroid dienone is 1. The van der Waals surface area contributed by atoms with Crippen molar-refractivity contribution in [2.75, 3.05) is 20.2 Å². The van der Waals surface area contributed by atoms with Gasteiger partial charge in [0.25, 0.3) is 0 Å². The average Bonchev–Trinajstić information content (AvgIpc) is 2.71. The molecule has 0 radical (unpaired) electrons. The summed E-state index contributed by atoms with van der Waals surface area (Å²) in [5, 5.41) is 2.47. The third-order valence-corrected chi connectivity index (χ3v) is 4.45. The van der Waals surface area contributed by atoms with E-state index in [2.05, 4.69) is 5.32 Å². The highest BCUT2D eigenvalue weighted by molar-refractivity contribution is 5.92. The topological polar surface area (TPSA) is 94.2 Å². The second-order valence-electron chi connectivity index (χ2n) is 8.06. The lowest BCUT2D eigenvalue weighted by atomic mass is 9.96. The number of carbonyl (C=O) groups is 3. The fourth-order valence-electron chi connectivity index (χ4n) is 2.95. The summed E-state index contributed by atoms with van der Waals surface area (Å²) in [7, 11) is 1.25. The smallest absolute Gasteiger partial charge is 0.412 e. The van der Waals surface area contributed by atoms with Gasteiger partial charge in [-0.2, -0.15) is 0 Å². The Labute approximate surface area is 177 Å². The maximum atomic E-state index is 12.2. The second-order valence-corrected chi connectivity index (χ2v) is 8.06. The van der Waals surface area contributed by atoms with E-state index in [4.69, 9.17) is 14.2 Å². The van der Waals surface area contributed by atoms with Gasteiger partial charge in [-0.1, -0.05) is 30.3 Å². The van der Waals surface area contributed by atoms with Crippen LogP contribution in [-0.2, 0) is 25.6 Å². The van der Waals surface area contributed by atoms with Crippen LogP contribution in [0, 0.1) is 5.92 Å². The number of amides is 2. The van der Waals surface area contributed by atoms with Crippen LogP contribution in [0.3, 0.4) is 0 Å². The summed E-state index contributed by atoms with van der Waals surface area (Å²) < 4.78 is 15.3. The maximum Gasteiger partial charge on any atom is 0.412 e. The molecule has 0 unspecified atom stereocenters. The van der Waals surface area contributed by atoms with Crippen molar-refractivity contribution in [3.05, 3.63) is 47.7 Å². The number of nitrogens with one attached hydrogen (secondary N) is 1. The lowest BCUT2D eigenvalue weighted by molar-refractivity contribution is -0.136. The molecular formula is C22H30N2O6. The Balaban J connectivity index is 1.91. The monoisotopic (exact) mass is 418 g/mol. The highest BCUT2D eigenvalue weighted by atomic mass is 16.6. The Morgan fingerprint density at radius 3 is 2.33 bits per heavy atom. The molecule has 8 nitrogen and oxygen atoms in total. The van der Waals surface area contributed by atoms with Crippen LogP contribution in [0.2, 0.25) is 0 Å². The van der Waals surface area contributed by atoms with Gasteiger partial charge < -0.3 is 19.1 Å². The summed E-state index contributed by atoms with van der Waals surface area (Å²) >= 11 is 0. The molecule has 2 rings (SSSR count). The zero-order valence-electron chi connectivity index (χ0n) is 18.0. The molecule has 0 spiro atoms. The summed E-state index contributed by atoms with van der Waals surface area (Å²) in [5.74, 6) is -0.645. The number of hydrogen-bond acceptors (Lipinski definition) is 6. The van der Waals surface area contributed by atoms with E-state index < -0.39 is 17.7 Å². The van der Waals surface area contributed by atoms with Crippen LogP contribution in [0.25, 0.3) is 0 Å². The molecule has 30 heavy (non-hydrogen) atoms. The molecule has 0 aromatic heterocycles. The van der Waals surface area contributed by atoms with Gasteiger partial charge in [-0.3, -0.25) is 5.32 Å². The molecule has 1 fully saturated rings. The zero-order valence-corrected chi connectivity index (χ0v) is 18.0. The number of benzene rings is 1. The number of likely N-dealkylation sites (tertiary alicyclic amines) is 1. The molecule has 164 valence electrons. The van der Waals surface area contributed by atoms with Gasteiger partial charge in [0.05, 0.1) is 7.11 Å². The van der Waals surface area contributed by atoms with Crippen molar-refractivity contribution in [2.45, 2.75) is 45.8 Å². The van der Waals surface area contributed by atoms with Crippen LogP contribution < -0.4 is 5.32 Å². The first-order valence-electron chi connectivity index (χ1n) is 9.93. The Morgan fingerprint density at radius 2 is 1.77 bits per heavy atom. The molecule has 1 heterocycles. The van der Waals surface area contributed by atoms with Crippen LogP contribution >= 0.6 is 0 Å². The van der Waals surface area contributed by atoms with Gasteiger partial charge in [0.2, 0.25) is 0 Å². The van der Waals surface area contributed by atoms with E-state index in [9.17, 15) is 14.4 Å². The SMILES string of the molecule is COC(=O)/C(=C/C1CCN(C(=O)OC(C)(C)C)CC1)NC(=O)OCc1ccccc1. The van der Waals surface area contributed by atoms with Gasteiger partial charge in [0.1, 0.15) is 17.9 Å². The first kappa shape index (κ1) is 23.3. The number of piperidine rings is 1. The largest absolute Gasteiger partial charge is 0.464 e. The minimum Gasteiger partial charge on any atom is -0.464 e. The van der Waals surface area contributed by atoms with Gasteiger partial charge in [-0.15, -0.1) is 0 Å². The number of hydrogen-bond donors (Lipinski definition) is 1. The number of esters is 1. The number of alkyl carbamates (subject to hydrolysis) is 1. The molecule has 0 atom stereocenters. The van der Waals surface area contributed by atoms with Crippen LogP contribution in [0.5, 0.6) is 0 Å². The quantitative estimate of drug-likeness (QED) is 0.446. The Morgan fingerprint density at radius 1 is 1.13 bits per heavy atom. The fourth-order valence-corrected chi connectivity index (χ4v) is 2.95. The molecule has 0 bridgehead atoms. The average molecular weight is 418 g/mol. The van der Waals surface area contributed by atoms with Crippen molar-refractivity contribution in [1.82, 2.24) is 10.2 Å². The molecule has 1 aliphatic rings. The van der Waals surface area contributed by atoms with Gasteiger partial charge in [-0.25, -0.2) is 14.4 Å². The van der Waals surface area contributed by atoms with Crippen molar-refractivity contribution in [3.8, 4) is 0 Å². The molecule has 1 saturated heterocycles. The molecule has 2 amide bonds. The molecule has 1 aliphatic heterocycles. The summed E-state index contributed by atoms with van der Waals surface area (Å²) in [4.78, 5) is 38.0. The molecule has 1 N–H and O–H groups in total. The fraction of sp³-hybridized carbons (Fsp3) is 0.500. The van der Waals surface area contributed by atoms with Crippen molar-refractivity contribution in [1.29, 1.82) is 0 Å². The second kappa shape index (κ2) is 10.7. The van der Waals surface area contributed by atoms with Gasteiger partial charge in [0, 0.05) is 13.1 Å². The first-order chi connectivity index (χ1) is 14.2. The molecule has 8 heteroatoms. The normalized spacial score (nSPS) is 15.3. The highest BCUT2D eigenvalue weighted by Crippen LogP contribution is 2.22. The molecule has 1 aromatic rings. The molecular weight excluding hydrogens is 388 g/mol. The summed E-state index contributed by atoms with van der Waals surface area (Å²) in [6.45, 7) is 6.57. The van der Waals surface area contributed by atoms with E-state index in [1.165, 1.54) is 7.11 Å². The summed E-state index contributed by atoms with van der Waals surface area (Å²) in [6, 6.07) is 9.24. The maximum absolute atomic E-state index is 12.2. The summed E-state index contributed by atoms with van der Waals surface area (Å²) in [5.41, 5.74) is 0.327. The van der Waals surface area contributed by atoms with Crippen LogP contribution in [0.4, 0.5) is 9.59 Å². The lowest BCUT2D eigenvalue weighted by Crippen LogP contribution is -2.41. The van der Waals surface area contributed by atoms with Crippen molar-refractivity contribution in [3.63, 3.8) is 0 Å². The van der Waals surface area contributed by atoms with E-state index in [-0.39, 0.29) is 24.3 Å². The summed E-state index contributed by atoms with van der Waals surface area (Å²) in [6.07, 6.45) is 1.87. The molecule has 1 aromatic carbocycles. The van der Waals surface area contributed by atoms with E-state index >= 15 is 0 Å². The minimum absolute atomic E-state index is 0.00668. The third kappa shape index (κ3) is 7.77.